The Morgan fingerprint density at radius 1 is 1.38 bits per heavy atom. The smallest absolute Gasteiger partial charge is 0.312 e. The Balaban J connectivity index is 1.81. The molecule has 0 spiro atoms. The van der Waals surface area contributed by atoms with Gasteiger partial charge in [0.1, 0.15) is 16.0 Å². The van der Waals surface area contributed by atoms with Gasteiger partial charge in [-0.1, -0.05) is 6.07 Å². The molecule has 0 amide bonds. The van der Waals surface area contributed by atoms with Crippen LogP contribution in [0.3, 0.4) is 0 Å². The number of nitrogens with zero attached hydrogens (tertiary/aromatic N) is 2. The van der Waals surface area contributed by atoms with Gasteiger partial charge in [0.05, 0.1) is 18.1 Å². The second-order valence-corrected chi connectivity index (χ2v) is 8.30. The summed E-state index contributed by atoms with van der Waals surface area (Å²) in [5, 5.41) is 0. The maximum absolute atomic E-state index is 12.6. The van der Waals surface area contributed by atoms with Crippen molar-refractivity contribution in [3.63, 3.8) is 0 Å². The van der Waals surface area contributed by atoms with Crippen molar-refractivity contribution in [2.24, 2.45) is 5.92 Å². The standard InChI is InChI=1S/C18H25BrN2O3/c1-18(2,3)24-17(22)12-9-10-21(13-6-5-11-23-16(12)13)15-8-4-7-14(19)20-15/h4,7-8,12-13,16H,5-6,9-11H2,1-3H3. The summed E-state index contributed by atoms with van der Waals surface area (Å²) in [4.78, 5) is 19.5. The maximum atomic E-state index is 12.6. The third-order valence-corrected chi connectivity index (χ3v) is 4.96. The van der Waals surface area contributed by atoms with Gasteiger partial charge in [-0.05, 0) is 68.1 Å². The van der Waals surface area contributed by atoms with Crippen molar-refractivity contribution in [2.45, 2.75) is 57.8 Å². The van der Waals surface area contributed by atoms with E-state index < -0.39 is 5.60 Å². The fourth-order valence-electron chi connectivity index (χ4n) is 3.58. The Labute approximate surface area is 151 Å². The summed E-state index contributed by atoms with van der Waals surface area (Å²) in [6.45, 7) is 7.22. The van der Waals surface area contributed by atoms with E-state index in [4.69, 9.17) is 9.47 Å². The summed E-state index contributed by atoms with van der Waals surface area (Å²) in [6, 6.07) is 6.10. The molecule has 5 nitrogen and oxygen atoms in total. The first-order valence-electron chi connectivity index (χ1n) is 8.59. The highest BCUT2D eigenvalue weighted by Gasteiger charge is 2.45. The second kappa shape index (κ2) is 7.00. The summed E-state index contributed by atoms with van der Waals surface area (Å²) >= 11 is 3.44. The molecule has 3 rings (SSSR count). The highest BCUT2D eigenvalue weighted by Crippen LogP contribution is 2.35. The number of aromatic nitrogens is 1. The molecule has 24 heavy (non-hydrogen) atoms. The van der Waals surface area contributed by atoms with E-state index in [-0.39, 0.29) is 24.0 Å². The van der Waals surface area contributed by atoms with Crippen LogP contribution in [0, 0.1) is 5.92 Å². The summed E-state index contributed by atoms with van der Waals surface area (Å²) in [6.07, 6.45) is 2.62. The van der Waals surface area contributed by atoms with Crippen LogP contribution in [0.4, 0.5) is 5.82 Å². The number of fused-ring (bicyclic) bond motifs is 1. The molecule has 3 heterocycles. The largest absolute Gasteiger partial charge is 0.460 e. The van der Waals surface area contributed by atoms with Crippen LogP contribution in [0.15, 0.2) is 22.8 Å². The number of halogens is 1. The van der Waals surface area contributed by atoms with Crippen LogP contribution in [0.2, 0.25) is 0 Å². The molecule has 1 aromatic rings. The minimum Gasteiger partial charge on any atom is -0.460 e. The Bertz CT molecular complexity index is 602. The number of piperidine rings is 1. The van der Waals surface area contributed by atoms with E-state index in [9.17, 15) is 4.79 Å². The van der Waals surface area contributed by atoms with Crippen LogP contribution in [0.5, 0.6) is 0 Å². The van der Waals surface area contributed by atoms with Crippen LogP contribution in [-0.4, -0.2) is 41.9 Å². The van der Waals surface area contributed by atoms with Crippen molar-refractivity contribution in [3.8, 4) is 0 Å². The first-order valence-corrected chi connectivity index (χ1v) is 9.38. The number of anilines is 1. The number of ether oxygens (including phenoxy) is 2. The molecule has 132 valence electrons. The third kappa shape index (κ3) is 3.91. The van der Waals surface area contributed by atoms with Crippen LogP contribution >= 0.6 is 15.9 Å². The monoisotopic (exact) mass is 396 g/mol. The highest BCUT2D eigenvalue weighted by atomic mass is 79.9. The van der Waals surface area contributed by atoms with Crippen molar-refractivity contribution >= 4 is 27.7 Å². The molecule has 2 fully saturated rings. The van der Waals surface area contributed by atoms with Gasteiger partial charge in [-0.2, -0.15) is 0 Å². The topological polar surface area (TPSA) is 51.7 Å². The average Bonchev–Trinajstić information content (AvgIpc) is 2.52. The fraction of sp³-hybridized carbons (Fsp3) is 0.667. The molecule has 2 saturated heterocycles. The minimum atomic E-state index is -0.468. The maximum Gasteiger partial charge on any atom is 0.312 e. The lowest BCUT2D eigenvalue weighted by Crippen LogP contribution is -2.58. The summed E-state index contributed by atoms with van der Waals surface area (Å²) in [5.74, 6) is 0.603. The number of esters is 1. The number of hydrogen-bond acceptors (Lipinski definition) is 5. The SMILES string of the molecule is CC(C)(C)OC(=O)C1CCN(c2cccc(Br)n2)C2CCCOC12. The summed E-state index contributed by atoms with van der Waals surface area (Å²) < 4.78 is 12.5. The number of pyridine rings is 1. The summed E-state index contributed by atoms with van der Waals surface area (Å²) in [7, 11) is 0. The van der Waals surface area contributed by atoms with Crippen LogP contribution in [-0.2, 0) is 14.3 Å². The van der Waals surface area contributed by atoms with Gasteiger partial charge in [-0.25, -0.2) is 4.98 Å². The van der Waals surface area contributed by atoms with Gasteiger partial charge in [0.15, 0.2) is 0 Å². The molecule has 3 atom stereocenters. The van der Waals surface area contributed by atoms with E-state index in [1.165, 1.54) is 0 Å². The fourth-order valence-corrected chi connectivity index (χ4v) is 3.92. The van der Waals surface area contributed by atoms with Crippen LogP contribution < -0.4 is 4.90 Å². The van der Waals surface area contributed by atoms with Gasteiger partial charge in [-0.15, -0.1) is 0 Å². The molecule has 0 saturated carbocycles. The number of rotatable bonds is 2. The molecule has 3 unspecified atom stereocenters. The molecule has 0 bridgehead atoms. The summed E-state index contributed by atoms with van der Waals surface area (Å²) in [5.41, 5.74) is -0.468. The molecule has 1 aromatic heterocycles. The van der Waals surface area contributed by atoms with E-state index in [1.54, 1.807) is 0 Å². The quantitative estimate of drug-likeness (QED) is 0.564. The molecular weight excluding hydrogens is 372 g/mol. The lowest BCUT2D eigenvalue weighted by Gasteiger charge is -2.47. The number of hydrogen-bond donors (Lipinski definition) is 0. The Morgan fingerprint density at radius 2 is 2.17 bits per heavy atom. The number of carbonyl (C=O) groups excluding carboxylic acids is 1. The zero-order valence-electron chi connectivity index (χ0n) is 14.5. The molecule has 6 heteroatoms. The normalized spacial score (nSPS) is 27.5. The lowest BCUT2D eigenvalue weighted by molar-refractivity contribution is -0.170. The molecule has 0 radical (unpaired) electrons. The first-order chi connectivity index (χ1) is 11.3. The van der Waals surface area contributed by atoms with E-state index in [0.29, 0.717) is 6.61 Å². The van der Waals surface area contributed by atoms with E-state index in [2.05, 4.69) is 25.8 Å². The number of carbonyl (C=O) groups is 1. The van der Waals surface area contributed by atoms with Gasteiger partial charge in [0.25, 0.3) is 0 Å². The molecular formula is C18H25BrN2O3. The van der Waals surface area contributed by atoms with Gasteiger partial charge in [0.2, 0.25) is 0 Å². The molecule has 0 N–H and O–H groups in total. The van der Waals surface area contributed by atoms with E-state index in [0.717, 1.165) is 36.2 Å². The zero-order valence-corrected chi connectivity index (χ0v) is 16.1. The predicted molar refractivity (Wildman–Crippen MR) is 96.0 cm³/mol. The third-order valence-electron chi connectivity index (χ3n) is 4.52. The van der Waals surface area contributed by atoms with Crippen molar-refractivity contribution in [3.05, 3.63) is 22.8 Å². The van der Waals surface area contributed by atoms with Gasteiger partial charge < -0.3 is 14.4 Å². The van der Waals surface area contributed by atoms with Crippen LogP contribution in [0.25, 0.3) is 0 Å². The van der Waals surface area contributed by atoms with Gasteiger partial charge in [0, 0.05) is 13.2 Å². The van der Waals surface area contributed by atoms with Crippen molar-refractivity contribution in [1.82, 2.24) is 4.98 Å². The Morgan fingerprint density at radius 3 is 2.88 bits per heavy atom. The Hall–Kier alpha value is -1.14. The minimum absolute atomic E-state index is 0.122. The molecule has 0 aliphatic carbocycles. The van der Waals surface area contributed by atoms with Crippen molar-refractivity contribution in [1.29, 1.82) is 0 Å². The highest BCUT2D eigenvalue weighted by molar-refractivity contribution is 9.10. The van der Waals surface area contributed by atoms with Gasteiger partial charge >= 0.3 is 5.97 Å². The molecule has 2 aliphatic rings. The van der Waals surface area contributed by atoms with E-state index >= 15 is 0 Å². The molecule has 2 aliphatic heterocycles. The average molecular weight is 397 g/mol. The molecule has 0 aromatic carbocycles. The van der Waals surface area contributed by atoms with Crippen LogP contribution in [0.1, 0.15) is 40.0 Å². The lowest BCUT2D eigenvalue weighted by atomic mass is 9.84. The predicted octanol–water partition coefficient (Wildman–Crippen LogP) is 3.56. The zero-order chi connectivity index (χ0) is 17.3. The van der Waals surface area contributed by atoms with Crippen molar-refractivity contribution < 1.29 is 14.3 Å². The van der Waals surface area contributed by atoms with E-state index in [1.807, 2.05) is 39.0 Å². The second-order valence-electron chi connectivity index (χ2n) is 7.49. The Kier molecular flexibility index (Phi) is 5.16. The first kappa shape index (κ1) is 17.7. The van der Waals surface area contributed by atoms with Gasteiger partial charge in [-0.3, -0.25) is 4.79 Å². The van der Waals surface area contributed by atoms with Crippen molar-refractivity contribution in [2.75, 3.05) is 18.1 Å².